The second-order valence-electron chi connectivity index (χ2n) is 10.1. The maximum Gasteiger partial charge on any atom is 0.120 e. The van der Waals surface area contributed by atoms with Crippen LogP contribution >= 0.6 is 23.2 Å². The van der Waals surface area contributed by atoms with Gasteiger partial charge < -0.3 is 10.1 Å². The summed E-state index contributed by atoms with van der Waals surface area (Å²) in [4.78, 5) is 0. The van der Waals surface area contributed by atoms with Gasteiger partial charge in [0.25, 0.3) is 0 Å². The second kappa shape index (κ2) is 8.37. The van der Waals surface area contributed by atoms with Crippen molar-refractivity contribution >= 4 is 23.2 Å². The van der Waals surface area contributed by atoms with Crippen LogP contribution in [0.25, 0.3) is 0 Å². The zero-order valence-electron chi connectivity index (χ0n) is 17.7. The van der Waals surface area contributed by atoms with Crippen molar-refractivity contribution in [3.8, 4) is 5.75 Å². The lowest BCUT2D eigenvalue weighted by molar-refractivity contribution is -0.0706. The summed E-state index contributed by atoms with van der Waals surface area (Å²) in [7, 11) is 0. The van der Waals surface area contributed by atoms with Gasteiger partial charge in [-0.05, 0) is 104 Å². The predicted molar refractivity (Wildman–Crippen MR) is 124 cm³/mol. The molecule has 0 radical (unpaired) electrons. The summed E-state index contributed by atoms with van der Waals surface area (Å²) in [5.41, 5.74) is 2.83. The molecule has 0 spiro atoms. The Bertz CT molecular complexity index is 876. The van der Waals surface area contributed by atoms with Crippen molar-refractivity contribution in [3.63, 3.8) is 0 Å². The summed E-state index contributed by atoms with van der Waals surface area (Å²) < 4.78 is 6.01. The van der Waals surface area contributed by atoms with E-state index in [-0.39, 0.29) is 0 Å². The van der Waals surface area contributed by atoms with Crippen LogP contribution in [0.2, 0.25) is 10.0 Å². The zero-order valence-corrected chi connectivity index (χ0v) is 19.2. The smallest absolute Gasteiger partial charge is 0.120 e. The summed E-state index contributed by atoms with van der Waals surface area (Å²) in [5, 5.41) is 5.02. The molecule has 4 bridgehead atoms. The summed E-state index contributed by atoms with van der Waals surface area (Å²) in [6.45, 7) is 3.81. The summed E-state index contributed by atoms with van der Waals surface area (Å²) in [5.74, 6) is 3.89. The first-order chi connectivity index (χ1) is 14.5. The Morgan fingerprint density at radius 3 is 2.30 bits per heavy atom. The minimum atomic E-state index is 0.484. The quantitative estimate of drug-likeness (QED) is 0.485. The van der Waals surface area contributed by atoms with E-state index in [9.17, 15) is 0 Å². The Kier molecular flexibility index (Phi) is 5.77. The number of rotatable bonds is 7. The van der Waals surface area contributed by atoms with E-state index in [1.807, 2.05) is 24.3 Å². The molecule has 0 aliphatic heterocycles. The molecule has 0 saturated heterocycles. The van der Waals surface area contributed by atoms with Crippen molar-refractivity contribution in [2.75, 3.05) is 0 Å². The molecule has 30 heavy (non-hydrogen) atoms. The zero-order chi connectivity index (χ0) is 20.7. The largest absolute Gasteiger partial charge is 0.489 e. The lowest BCUT2D eigenvalue weighted by atomic mass is 9.48. The summed E-state index contributed by atoms with van der Waals surface area (Å²) in [6.07, 6.45) is 8.85. The molecule has 4 aliphatic carbocycles. The highest BCUT2D eigenvalue weighted by molar-refractivity contribution is 6.42. The van der Waals surface area contributed by atoms with Crippen molar-refractivity contribution in [2.45, 2.75) is 64.6 Å². The Hall–Kier alpha value is -1.22. The number of hydrogen-bond donors (Lipinski definition) is 1. The molecule has 160 valence electrons. The molecule has 4 heteroatoms. The molecule has 0 heterocycles. The highest BCUT2D eigenvalue weighted by Gasteiger charge is 2.52. The van der Waals surface area contributed by atoms with Crippen molar-refractivity contribution in [3.05, 3.63) is 63.6 Å². The van der Waals surface area contributed by atoms with Gasteiger partial charge >= 0.3 is 0 Å². The van der Waals surface area contributed by atoms with Gasteiger partial charge in [0.05, 0.1) is 10.0 Å². The highest BCUT2D eigenvalue weighted by Crippen LogP contribution is 2.61. The van der Waals surface area contributed by atoms with Gasteiger partial charge in [0.15, 0.2) is 0 Å². The molecule has 4 fully saturated rings. The van der Waals surface area contributed by atoms with E-state index in [1.54, 1.807) is 0 Å². The highest BCUT2D eigenvalue weighted by atomic mass is 35.5. The van der Waals surface area contributed by atoms with Crippen LogP contribution in [-0.4, -0.2) is 6.04 Å². The Labute approximate surface area is 190 Å². The van der Waals surface area contributed by atoms with Crippen molar-refractivity contribution in [1.82, 2.24) is 5.32 Å². The maximum atomic E-state index is 6.11. The van der Waals surface area contributed by atoms with Gasteiger partial charge in [-0.1, -0.05) is 41.4 Å². The minimum Gasteiger partial charge on any atom is -0.489 e. The normalized spacial score (nSPS) is 30.4. The van der Waals surface area contributed by atoms with Crippen LogP contribution in [0.1, 0.15) is 56.6 Å². The van der Waals surface area contributed by atoms with E-state index in [1.165, 1.54) is 44.1 Å². The molecular weight excluding hydrogens is 413 g/mol. The molecule has 1 N–H and O–H groups in total. The van der Waals surface area contributed by atoms with Crippen LogP contribution in [0.4, 0.5) is 0 Å². The van der Waals surface area contributed by atoms with Crippen LogP contribution < -0.4 is 10.1 Å². The van der Waals surface area contributed by atoms with E-state index in [0.29, 0.717) is 28.1 Å². The molecular formula is C26H31Cl2NO. The van der Waals surface area contributed by atoms with Crippen LogP contribution in [0.3, 0.4) is 0 Å². The molecule has 1 atom stereocenters. The fourth-order valence-corrected chi connectivity index (χ4v) is 7.06. The van der Waals surface area contributed by atoms with Crippen LogP contribution in [0.5, 0.6) is 5.75 Å². The molecule has 0 amide bonds. The van der Waals surface area contributed by atoms with Gasteiger partial charge in [0.2, 0.25) is 0 Å². The lowest BCUT2D eigenvalue weighted by Crippen LogP contribution is -2.54. The molecule has 4 saturated carbocycles. The molecule has 0 aromatic heterocycles. The first-order valence-corrected chi connectivity index (χ1v) is 12.1. The minimum absolute atomic E-state index is 0.484. The third-order valence-corrected chi connectivity index (χ3v) is 8.64. The van der Waals surface area contributed by atoms with Gasteiger partial charge in [-0.25, -0.2) is 0 Å². The maximum absolute atomic E-state index is 6.11. The van der Waals surface area contributed by atoms with Crippen LogP contribution in [-0.2, 0) is 13.2 Å². The fourth-order valence-electron chi connectivity index (χ4n) is 6.74. The molecule has 2 aromatic carbocycles. The van der Waals surface area contributed by atoms with E-state index in [0.717, 1.165) is 35.6 Å². The lowest BCUT2D eigenvalue weighted by Gasteiger charge is -2.59. The van der Waals surface area contributed by atoms with Gasteiger partial charge in [-0.15, -0.1) is 0 Å². The van der Waals surface area contributed by atoms with Gasteiger partial charge in [0, 0.05) is 12.6 Å². The Balaban J connectivity index is 1.18. The van der Waals surface area contributed by atoms with Crippen LogP contribution in [0, 0.1) is 23.2 Å². The van der Waals surface area contributed by atoms with Crippen molar-refractivity contribution < 1.29 is 4.74 Å². The number of halogens is 2. The average Bonchev–Trinajstić information content (AvgIpc) is 2.72. The average molecular weight is 444 g/mol. The fraction of sp³-hybridized carbons (Fsp3) is 0.538. The van der Waals surface area contributed by atoms with E-state index < -0.39 is 0 Å². The van der Waals surface area contributed by atoms with E-state index >= 15 is 0 Å². The van der Waals surface area contributed by atoms with E-state index in [2.05, 4.69) is 30.4 Å². The SMILES string of the molecule is CC(NCc1cccc(OCc2ccc(Cl)c(Cl)c2)c1)C12CC3CC(CC(C3)C1)C2. The second-order valence-corrected chi connectivity index (χ2v) is 10.9. The topological polar surface area (TPSA) is 21.3 Å². The Morgan fingerprint density at radius 1 is 0.933 bits per heavy atom. The molecule has 4 aliphatic rings. The van der Waals surface area contributed by atoms with E-state index in [4.69, 9.17) is 27.9 Å². The number of nitrogens with one attached hydrogen (secondary N) is 1. The number of hydrogen-bond acceptors (Lipinski definition) is 2. The first kappa shape index (κ1) is 20.7. The van der Waals surface area contributed by atoms with Crippen molar-refractivity contribution in [1.29, 1.82) is 0 Å². The molecule has 2 aromatic rings. The first-order valence-electron chi connectivity index (χ1n) is 11.4. The number of benzene rings is 2. The predicted octanol–water partition coefficient (Wildman–Crippen LogP) is 7.27. The standard InChI is InChI=1S/C26H31Cl2NO/c1-17(26-12-20-7-21(13-26)9-22(8-20)14-26)29-15-18-3-2-4-23(10-18)30-16-19-5-6-24(27)25(28)11-19/h2-6,10-11,17,20-22,29H,7-9,12-16H2,1H3. The van der Waals surface area contributed by atoms with Gasteiger partial charge in [0.1, 0.15) is 12.4 Å². The van der Waals surface area contributed by atoms with Gasteiger partial charge in [-0.3, -0.25) is 0 Å². The van der Waals surface area contributed by atoms with Crippen molar-refractivity contribution in [2.24, 2.45) is 23.2 Å². The van der Waals surface area contributed by atoms with Crippen LogP contribution in [0.15, 0.2) is 42.5 Å². The number of ether oxygens (including phenoxy) is 1. The molecule has 1 unspecified atom stereocenters. The third-order valence-electron chi connectivity index (χ3n) is 7.90. The molecule has 6 rings (SSSR count). The Morgan fingerprint density at radius 2 is 1.63 bits per heavy atom. The third kappa shape index (κ3) is 4.24. The van der Waals surface area contributed by atoms with Gasteiger partial charge in [-0.2, -0.15) is 0 Å². The molecule has 2 nitrogen and oxygen atoms in total. The summed E-state index contributed by atoms with van der Waals surface area (Å²) >= 11 is 12.1. The monoisotopic (exact) mass is 443 g/mol. The summed E-state index contributed by atoms with van der Waals surface area (Å²) in [6, 6.07) is 14.6.